The minimum Gasteiger partial charge on any atom is -0.497 e. The van der Waals surface area contributed by atoms with Gasteiger partial charge in [-0.25, -0.2) is 0 Å². The van der Waals surface area contributed by atoms with E-state index in [0.29, 0.717) is 13.1 Å². The highest BCUT2D eigenvalue weighted by Crippen LogP contribution is 2.32. The number of hydrogen-bond acceptors (Lipinski definition) is 3. The summed E-state index contributed by atoms with van der Waals surface area (Å²) in [4.78, 5) is 0. The normalized spacial score (nSPS) is 13.5. The molecule has 1 unspecified atom stereocenters. The van der Waals surface area contributed by atoms with Crippen LogP contribution in [-0.4, -0.2) is 36.8 Å². The van der Waals surface area contributed by atoms with Crippen molar-refractivity contribution in [1.82, 2.24) is 4.57 Å². The third-order valence-corrected chi connectivity index (χ3v) is 5.59. The maximum atomic E-state index is 11.2. The summed E-state index contributed by atoms with van der Waals surface area (Å²) in [5, 5.41) is 16.7. The van der Waals surface area contributed by atoms with Gasteiger partial charge in [-0.3, -0.25) is 0 Å². The Morgan fingerprint density at radius 3 is 2.55 bits per heavy atom. The number of methoxy groups -OCH3 is 1. The number of nitrogens with one attached hydrogen (secondary N) is 1. The van der Waals surface area contributed by atoms with E-state index in [9.17, 15) is 5.11 Å². The summed E-state index contributed by atoms with van der Waals surface area (Å²) in [5.74, 6) is 0.778. The Morgan fingerprint density at radius 2 is 1.79 bits per heavy atom. The Morgan fingerprint density at radius 1 is 1.07 bits per heavy atom. The van der Waals surface area contributed by atoms with Crippen molar-refractivity contribution in [2.24, 2.45) is 0 Å². The molecule has 1 atom stereocenters. The molecule has 3 aromatic carbocycles. The molecule has 0 aliphatic heterocycles. The van der Waals surface area contributed by atoms with Gasteiger partial charge in [0.25, 0.3) is 0 Å². The zero-order chi connectivity index (χ0) is 20.6. The Kier molecular flexibility index (Phi) is 5.32. The fraction of sp³-hybridized carbons (Fsp3) is 0.217. The van der Waals surface area contributed by atoms with Gasteiger partial charge in [-0.1, -0.05) is 39.6 Å². The fourth-order valence-electron chi connectivity index (χ4n) is 3.69. The lowest BCUT2D eigenvalue weighted by molar-refractivity contribution is 0.0575. The average molecular weight is 449 g/mol. The molecule has 1 aromatic heterocycles. The number of halogens is 1. The topological polar surface area (TPSA) is 46.4 Å². The minimum atomic E-state index is -0.976. The van der Waals surface area contributed by atoms with E-state index < -0.39 is 5.60 Å². The molecular formula is C23H22BBrN2O2. The third kappa shape index (κ3) is 4.14. The van der Waals surface area contributed by atoms with Crippen LogP contribution in [-0.2, 0) is 6.54 Å². The predicted molar refractivity (Wildman–Crippen MR) is 125 cm³/mol. The van der Waals surface area contributed by atoms with Gasteiger partial charge in [0.15, 0.2) is 0 Å². The van der Waals surface area contributed by atoms with E-state index in [1.165, 1.54) is 0 Å². The van der Waals surface area contributed by atoms with Crippen molar-refractivity contribution in [3.05, 3.63) is 65.1 Å². The van der Waals surface area contributed by atoms with E-state index in [1.54, 1.807) is 7.11 Å². The summed E-state index contributed by atoms with van der Waals surface area (Å²) in [7, 11) is 7.68. The molecule has 29 heavy (non-hydrogen) atoms. The highest BCUT2D eigenvalue weighted by atomic mass is 79.9. The molecule has 0 fully saturated rings. The van der Waals surface area contributed by atoms with Gasteiger partial charge in [0, 0.05) is 44.6 Å². The SMILES string of the molecule is [B]c1ccc2c(c1)c1cc(Br)ccc1n2CC(C)(O)CNc1cccc(OC)c1. The number of anilines is 1. The number of fused-ring (bicyclic) bond motifs is 3. The van der Waals surface area contributed by atoms with Crippen LogP contribution in [0.4, 0.5) is 5.69 Å². The van der Waals surface area contributed by atoms with Crippen LogP contribution in [0.25, 0.3) is 21.8 Å². The quantitative estimate of drug-likeness (QED) is 0.434. The number of ether oxygens (including phenoxy) is 1. The summed E-state index contributed by atoms with van der Waals surface area (Å²) >= 11 is 3.56. The summed E-state index contributed by atoms with van der Waals surface area (Å²) in [6.07, 6.45) is 0. The van der Waals surface area contributed by atoms with Crippen LogP contribution in [0.1, 0.15) is 6.92 Å². The number of aliphatic hydroxyl groups is 1. The second kappa shape index (κ2) is 7.77. The van der Waals surface area contributed by atoms with Gasteiger partial charge < -0.3 is 19.7 Å². The van der Waals surface area contributed by atoms with E-state index in [4.69, 9.17) is 12.6 Å². The van der Waals surface area contributed by atoms with Crippen LogP contribution >= 0.6 is 15.9 Å². The fourth-order valence-corrected chi connectivity index (χ4v) is 4.05. The van der Waals surface area contributed by atoms with Crippen molar-refractivity contribution in [2.45, 2.75) is 19.1 Å². The van der Waals surface area contributed by atoms with Gasteiger partial charge >= 0.3 is 0 Å². The van der Waals surface area contributed by atoms with Crippen LogP contribution in [0.2, 0.25) is 0 Å². The molecule has 4 nitrogen and oxygen atoms in total. The van der Waals surface area contributed by atoms with Crippen molar-refractivity contribution in [3.63, 3.8) is 0 Å². The smallest absolute Gasteiger partial charge is 0.120 e. The van der Waals surface area contributed by atoms with Crippen LogP contribution in [0.15, 0.2) is 65.1 Å². The lowest BCUT2D eigenvalue weighted by atomic mass is 9.94. The highest BCUT2D eigenvalue weighted by Gasteiger charge is 2.24. The van der Waals surface area contributed by atoms with Crippen molar-refractivity contribution >= 4 is 56.7 Å². The van der Waals surface area contributed by atoms with E-state index in [2.05, 4.69) is 37.9 Å². The van der Waals surface area contributed by atoms with E-state index in [-0.39, 0.29) is 0 Å². The van der Waals surface area contributed by atoms with Gasteiger partial charge in [-0.05, 0) is 43.3 Å². The summed E-state index contributed by atoms with van der Waals surface area (Å²) in [6, 6.07) is 19.8. The average Bonchev–Trinajstić information content (AvgIpc) is 2.98. The molecule has 4 aromatic rings. The second-order valence-electron chi connectivity index (χ2n) is 7.61. The molecule has 146 valence electrons. The molecule has 0 saturated carbocycles. The molecule has 1 heterocycles. The maximum Gasteiger partial charge on any atom is 0.120 e. The largest absolute Gasteiger partial charge is 0.497 e. The lowest BCUT2D eigenvalue weighted by Gasteiger charge is -2.26. The van der Waals surface area contributed by atoms with Crippen LogP contribution in [0, 0.1) is 0 Å². The second-order valence-corrected chi connectivity index (χ2v) is 8.52. The molecular weight excluding hydrogens is 427 g/mol. The Bertz CT molecular complexity index is 1130. The number of nitrogens with zero attached hydrogens (tertiary/aromatic N) is 1. The first-order valence-corrected chi connectivity index (χ1v) is 10.2. The molecule has 0 aliphatic carbocycles. The van der Waals surface area contributed by atoms with Crippen molar-refractivity contribution in [2.75, 3.05) is 19.0 Å². The number of hydrogen-bond donors (Lipinski definition) is 2. The van der Waals surface area contributed by atoms with Gasteiger partial charge in [0.1, 0.15) is 13.6 Å². The highest BCUT2D eigenvalue weighted by molar-refractivity contribution is 9.10. The monoisotopic (exact) mass is 448 g/mol. The molecule has 0 aliphatic rings. The number of rotatable bonds is 6. The predicted octanol–water partition coefficient (Wildman–Crippen LogP) is 4.22. The zero-order valence-electron chi connectivity index (χ0n) is 16.4. The van der Waals surface area contributed by atoms with E-state index >= 15 is 0 Å². The van der Waals surface area contributed by atoms with E-state index in [0.717, 1.165) is 43.2 Å². The summed E-state index contributed by atoms with van der Waals surface area (Å²) in [6.45, 7) is 2.68. The Hall–Kier alpha value is -2.44. The molecule has 2 radical (unpaired) electrons. The first-order valence-electron chi connectivity index (χ1n) is 9.44. The van der Waals surface area contributed by atoms with Crippen molar-refractivity contribution < 1.29 is 9.84 Å². The van der Waals surface area contributed by atoms with Crippen molar-refractivity contribution in [1.29, 1.82) is 0 Å². The molecule has 4 rings (SSSR count). The molecule has 2 N–H and O–H groups in total. The zero-order valence-corrected chi connectivity index (χ0v) is 18.0. The minimum absolute atomic E-state index is 0.396. The van der Waals surface area contributed by atoms with Crippen LogP contribution < -0.4 is 15.5 Å². The first-order chi connectivity index (χ1) is 13.9. The standard InChI is InChI=1S/C23H22BBrN2O2/c1-23(28,13-26-17-4-3-5-18(12-17)29-2)14-27-21-8-6-15(24)10-19(21)20-11-16(25)7-9-22(20)27/h3-12,26,28H,13-14H2,1-2H3. The van der Waals surface area contributed by atoms with Gasteiger partial charge in [-0.2, -0.15) is 0 Å². The van der Waals surface area contributed by atoms with Crippen LogP contribution in [0.3, 0.4) is 0 Å². The molecule has 6 heteroatoms. The molecule has 0 saturated heterocycles. The number of benzene rings is 3. The Balaban J connectivity index is 1.66. The molecule has 0 spiro atoms. The first kappa shape index (κ1) is 19.9. The molecule has 0 amide bonds. The maximum absolute atomic E-state index is 11.2. The van der Waals surface area contributed by atoms with Gasteiger partial charge in [-0.15, -0.1) is 0 Å². The third-order valence-electron chi connectivity index (χ3n) is 5.09. The van der Waals surface area contributed by atoms with Crippen LogP contribution in [0.5, 0.6) is 5.75 Å². The van der Waals surface area contributed by atoms with E-state index in [1.807, 2.05) is 55.5 Å². The van der Waals surface area contributed by atoms with Gasteiger partial charge in [0.05, 0.1) is 19.3 Å². The lowest BCUT2D eigenvalue weighted by Crippen LogP contribution is -2.38. The summed E-state index contributed by atoms with van der Waals surface area (Å²) < 4.78 is 8.44. The summed E-state index contributed by atoms with van der Waals surface area (Å²) in [5.41, 5.74) is 2.77. The number of aromatic nitrogens is 1. The Labute approximate surface area is 180 Å². The van der Waals surface area contributed by atoms with Crippen molar-refractivity contribution in [3.8, 4) is 5.75 Å². The molecule has 0 bridgehead atoms. The van der Waals surface area contributed by atoms with Gasteiger partial charge in [0.2, 0.25) is 0 Å².